The molecule has 27 heavy (non-hydrogen) atoms. The molecule has 3 aromatic rings. The van der Waals surface area contributed by atoms with Crippen molar-refractivity contribution in [3.8, 4) is 0 Å². The lowest BCUT2D eigenvalue weighted by Gasteiger charge is -2.09. The summed E-state index contributed by atoms with van der Waals surface area (Å²) in [6.45, 7) is 0.313. The lowest BCUT2D eigenvalue weighted by atomic mass is 10.1. The largest absolute Gasteiger partial charge is 0.376 e. The molecule has 0 aliphatic carbocycles. The highest BCUT2D eigenvalue weighted by atomic mass is 16.6. The van der Waals surface area contributed by atoms with Crippen LogP contribution >= 0.6 is 0 Å². The molecular weight excluding hydrogens is 350 g/mol. The molecule has 0 saturated heterocycles. The Hall–Kier alpha value is -3.75. The summed E-state index contributed by atoms with van der Waals surface area (Å²) in [5, 5.41) is 16.8. The summed E-state index contributed by atoms with van der Waals surface area (Å²) < 4.78 is 1.14. The van der Waals surface area contributed by atoms with Crippen molar-refractivity contribution < 1.29 is 9.72 Å². The van der Waals surface area contributed by atoms with Crippen LogP contribution in [0.25, 0.3) is 5.65 Å². The zero-order valence-electron chi connectivity index (χ0n) is 14.5. The number of benzene rings is 1. The Morgan fingerprint density at radius 2 is 2.07 bits per heavy atom. The van der Waals surface area contributed by atoms with Gasteiger partial charge < -0.3 is 10.6 Å². The molecule has 0 radical (unpaired) electrons. The van der Waals surface area contributed by atoms with Gasteiger partial charge in [0.2, 0.25) is 5.82 Å². The zero-order chi connectivity index (χ0) is 19.4. The summed E-state index contributed by atoms with van der Waals surface area (Å²) in [7, 11) is 1.56. The average Bonchev–Trinajstić information content (AvgIpc) is 2.67. The smallest absolute Gasteiger partial charge is 0.364 e. The van der Waals surface area contributed by atoms with Crippen molar-refractivity contribution >= 4 is 23.1 Å². The predicted octanol–water partition coefficient (Wildman–Crippen LogP) is 1.62. The van der Waals surface area contributed by atoms with Crippen molar-refractivity contribution in [2.75, 3.05) is 18.9 Å². The Kier molecular flexibility index (Phi) is 5.11. The number of nitrogens with one attached hydrogen (secondary N) is 2. The summed E-state index contributed by atoms with van der Waals surface area (Å²) in [6, 6.07) is 12.0. The topological polar surface area (TPSA) is 119 Å². The number of aromatic nitrogens is 2. The van der Waals surface area contributed by atoms with Gasteiger partial charge in [0.15, 0.2) is 0 Å². The quantitative estimate of drug-likeness (QED) is 0.505. The Morgan fingerprint density at radius 1 is 1.26 bits per heavy atom. The zero-order valence-corrected chi connectivity index (χ0v) is 14.5. The summed E-state index contributed by atoms with van der Waals surface area (Å²) in [5.41, 5.74) is 0.386. The van der Waals surface area contributed by atoms with Crippen LogP contribution in [0.4, 0.5) is 11.5 Å². The third kappa shape index (κ3) is 3.76. The van der Waals surface area contributed by atoms with E-state index >= 15 is 0 Å². The molecular formula is C18H17N5O4. The molecule has 2 N–H and O–H groups in total. The van der Waals surface area contributed by atoms with E-state index in [9.17, 15) is 19.7 Å². The molecule has 0 aliphatic heterocycles. The van der Waals surface area contributed by atoms with Crippen LogP contribution in [0, 0.1) is 10.1 Å². The minimum atomic E-state index is -0.741. The van der Waals surface area contributed by atoms with Crippen LogP contribution in [0.2, 0.25) is 0 Å². The molecule has 2 aromatic heterocycles. The van der Waals surface area contributed by atoms with E-state index in [1.165, 1.54) is 6.20 Å². The van der Waals surface area contributed by atoms with E-state index in [4.69, 9.17) is 0 Å². The van der Waals surface area contributed by atoms with Crippen molar-refractivity contribution in [2.24, 2.45) is 0 Å². The predicted molar refractivity (Wildman–Crippen MR) is 100 cm³/mol. The highest BCUT2D eigenvalue weighted by Crippen LogP contribution is 2.18. The summed E-state index contributed by atoms with van der Waals surface area (Å²) >= 11 is 0. The molecule has 1 amide bonds. The van der Waals surface area contributed by atoms with Crippen LogP contribution in [0.15, 0.2) is 53.5 Å². The number of fused-ring (bicyclic) bond motifs is 1. The fourth-order valence-corrected chi connectivity index (χ4v) is 2.71. The monoisotopic (exact) mass is 367 g/mol. The molecule has 0 bridgehead atoms. The molecule has 0 saturated carbocycles. The number of pyridine rings is 1. The lowest BCUT2D eigenvalue weighted by Crippen LogP contribution is -2.21. The second kappa shape index (κ2) is 7.65. The number of carbonyl (C=O) groups is 1. The van der Waals surface area contributed by atoms with Crippen LogP contribution in [0.5, 0.6) is 0 Å². The van der Waals surface area contributed by atoms with Crippen molar-refractivity contribution in [3.63, 3.8) is 0 Å². The van der Waals surface area contributed by atoms with Gasteiger partial charge in [-0.05, 0) is 36.2 Å². The Balaban J connectivity index is 1.83. The fourth-order valence-electron chi connectivity index (χ4n) is 2.71. The van der Waals surface area contributed by atoms with Gasteiger partial charge in [0.25, 0.3) is 5.91 Å². The molecule has 0 atom stereocenters. The minimum Gasteiger partial charge on any atom is -0.364 e. The van der Waals surface area contributed by atoms with Gasteiger partial charge >= 0.3 is 11.2 Å². The van der Waals surface area contributed by atoms with Gasteiger partial charge in [-0.1, -0.05) is 18.2 Å². The van der Waals surface area contributed by atoms with Gasteiger partial charge in [0, 0.05) is 25.4 Å². The van der Waals surface area contributed by atoms with Gasteiger partial charge in [-0.3, -0.25) is 24.1 Å². The van der Waals surface area contributed by atoms with Crippen LogP contribution < -0.4 is 16.2 Å². The number of hydrogen-bond acceptors (Lipinski definition) is 6. The number of nitro groups is 1. The number of hydrogen-bond donors (Lipinski definition) is 2. The first-order valence-electron chi connectivity index (χ1n) is 8.22. The maximum absolute atomic E-state index is 12.4. The van der Waals surface area contributed by atoms with Crippen molar-refractivity contribution in [1.29, 1.82) is 0 Å². The molecule has 138 valence electrons. The standard InChI is InChI=1S/C18H17N5O4/c1-19-17(24)13-6-4-5-12(11-13)8-9-20-16-15(23(26)27)18(25)22-10-3-2-7-14(22)21-16/h2-7,10-11,20H,8-9H2,1H3,(H,19,24). The second-order valence-corrected chi connectivity index (χ2v) is 5.76. The van der Waals surface area contributed by atoms with E-state index < -0.39 is 16.2 Å². The van der Waals surface area contributed by atoms with Crippen LogP contribution in [-0.2, 0) is 6.42 Å². The first-order valence-corrected chi connectivity index (χ1v) is 8.22. The summed E-state index contributed by atoms with van der Waals surface area (Å²) in [5.74, 6) is -0.261. The Bertz CT molecular complexity index is 1080. The van der Waals surface area contributed by atoms with Gasteiger partial charge in [0.05, 0.1) is 4.92 Å². The van der Waals surface area contributed by atoms with Crippen molar-refractivity contribution in [3.05, 3.63) is 80.3 Å². The Morgan fingerprint density at radius 3 is 2.81 bits per heavy atom. The van der Waals surface area contributed by atoms with E-state index in [1.54, 1.807) is 43.4 Å². The number of anilines is 1. The highest BCUT2D eigenvalue weighted by Gasteiger charge is 2.23. The van der Waals surface area contributed by atoms with Crippen molar-refractivity contribution in [1.82, 2.24) is 14.7 Å². The van der Waals surface area contributed by atoms with E-state index in [-0.39, 0.29) is 11.7 Å². The summed E-state index contributed by atoms with van der Waals surface area (Å²) in [6.07, 6.45) is 1.93. The van der Waals surface area contributed by atoms with Crippen LogP contribution in [-0.4, -0.2) is 33.8 Å². The molecule has 0 fully saturated rings. The molecule has 1 aromatic carbocycles. The molecule has 2 heterocycles. The number of rotatable bonds is 6. The SMILES string of the molecule is CNC(=O)c1cccc(CCNc2nc3ccccn3c(=O)c2[N+](=O)[O-])c1. The van der Waals surface area contributed by atoms with Crippen LogP contribution in [0.1, 0.15) is 15.9 Å². The molecule has 3 rings (SSSR count). The van der Waals surface area contributed by atoms with E-state index in [1.807, 2.05) is 6.07 Å². The highest BCUT2D eigenvalue weighted by molar-refractivity contribution is 5.94. The number of nitrogens with zero attached hydrogens (tertiary/aromatic N) is 3. The first-order chi connectivity index (χ1) is 13.0. The molecule has 9 heteroatoms. The van der Waals surface area contributed by atoms with Gasteiger partial charge in [-0.15, -0.1) is 0 Å². The maximum Gasteiger partial charge on any atom is 0.376 e. The second-order valence-electron chi connectivity index (χ2n) is 5.76. The van der Waals surface area contributed by atoms with Crippen molar-refractivity contribution in [2.45, 2.75) is 6.42 Å². The third-order valence-electron chi connectivity index (χ3n) is 4.02. The van der Waals surface area contributed by atoms with Crippen LogP contribution in [0.3, 0.4) is 0 Å². The van der Waals surface area contributed by atoms with Gasteiger partial charge in [0.1, 0.15) is 5.65 Å². The van der Waals surface area contributed by atoms with Gasteiger partial charge in [-0.25, -0.2) is 4.98 Å². The number of amides is 1. The fraction of sp³-hybridized carbons (Fsp3) is 0.167. The molecule has 0 unspecified atom stereocenters. The third-order valence-corrected chi connectivity index (χ3v) is 4.02. The Labute approximate surface area is 153 Å². The molecule has 9 nitrogen and oxygen atoms in total. The first kappa shape index (κ1) is 18.1. The average molecular weight is 367 g/mol. The minimum absolute atomic E-state index is 0.0707. The van der Waals surface area contributed by atoms with Gasteiger partial charge in [-0.2, -0.15) is 0 Å². The molecule has 0 spiro atoms. The summed E-state index contributed by atoms with van der Waals surface area (Å²) in [4.78, 5) is 38.9. The maximum atomic E-state index is 12.4. The molecule has 0 aliphatic rings. The number of carbonyl (C=O) groups excluding carboxylic acids is 1. The van der Waals surface area contributed by atoms with E-state index in [0.29, 0.717) is 24.2 Å². The lowest BCUT2D eigenvalue weighted by molar-refractivity contribution is -0.385. The normalized spacial score (nSPS) is 10.6. The van der Waals surface area contributed by atoms with E-state index in [0.717, 1.165) is 9.96 Å². The van der Waals surface area contributed by atoms with E-state index in [2.05, 4.69) is 15.6 Å².